The largest absolute Gasteiger partial charge is 0.495 e. The zero-order chi connectivity index (χ0) is 12.4. The first kappa shape index (κ1) is 11.4. The number of allylic oxidation sites excluding steroid dienone is 1. The van der Waals surface area contributed by atoms with Gasteiger partial charge in [0.15, 0.2) is 23.7 Å². The standard InChI is InChI=1S/C14H16O4/c15-14(12-7-3-4-8-16-12)13-9-17-10-5-1-2-6-11(10)18-13/h1-2,5-7,13-15H,3-4,8-9H2. The fourth-order valence-electron chi connectivity index (χ4n) is 2.16. The molecule has 0 saturated carbocycles. The Morgan fingerprint density at radius 3 is 2.78 bits per heavy atom. The summed E-state index contributed by atoms with van der Waals surface area (Å²) in [5.74, 6) is 2.00. The van der Waals surface area contributed by atoms with Crippen LogP contribution in [0.25, 0.3) is 0 Å². The van der Waals surface area contributed by atoms with Gasteiger partial charge in [0, 0.05) is 0 Å². The van der Waals surface area contributed by atoms with Crippen LogP contribution < -0.4 is 9.47 Å². The summed E-state index contributed by atoms with van der Waals surface area (Å²) in [6.45, 7) is 0.992. The molecule has 18 heavy (non-hydrogen) atoms. The molecule has 1 aromatic carbocycles. The lowest BCUT2D eigenvalue weighted by Gasteiger charge is -2.31. The predicted molar refractivity (Wildman–Crippen MR) is 65.6 cm³/mol. The molecule has 96 valence electrons. The van der Waals surface area contributed by atoms with Gasteiger partial charge in [0.1, 0.15) is 12.4 Å². The molecule has 0 amide bonds. The van der Waals surface area contributed by atoms with Crippen molar-refractivity contribution in [2.45, 2.75) is 25.0 Å². The molecule has 0 fully saturated rings. The van der Waals surface area contributed by atoms with Gasteiger partial charge < -0.3 is 19.3 Å². The smallest absolute Gasteiger partial charge is 0.166 e. The summed E-state index contributed by atoms with van der Waals surface area (Å²) >= 11 is 0. The fourth-order valence-corrected chi connectivity index (χ4v) is 2.16. The van der Waals surface area contributed by atoms with Crippen LogP contribution in [0.4, 0.5) is 0 Å². The Hall–Kier alpha value is -1.68. The molecule has 0 radical (unpaired) electrons. The van der Waals surface area contributed by atoms with Crippen molar-refractivity contribution in [1.82, 2.24) is 0 Å². The highest BCUT2D eigenvalue weighted by Gasteiger charge is 2.31. The first-order chi connectivity index (χ1) is 8.84. The Kier molecular flexibility index (Phi) is 3.11. The first-order valence-electron chi connectivity index (χ1n) is 6.24. The highest BCUT2D eigenvalue weighted by Crippen LogP contribution is 2.32. The van der Waals surface area contributed by atoms with Crippen LogP contribution in [-0.4, -0.2) is 30.5 Å². The number of aliphatic hydroxyl groups excluding tert-OH is 1. The molecular formula is C14H16O4. The number of hydrogen-bond acceptors (Lipinski definition) is 4. The van der Waals surface area contributed by atoms with Crippen molar-refractivity contribution in [3.63, 3.8) is 0 Å². The Balaban J connectivity index is 1.73. The SMILES string of the molecule is OC(C1=CCCCO1)C1COc2ccccc2O1. The van der Waals surface area contributed by atoms with Crippen molar-refractivity contribution >= 4 is 0 Å². The van der Waals surface area contributed by atoms with Crippen LogP contribution in [0, 0.1) is 0 Å². The number of ether oxygens (including phenoxy) is 3. The van der Waals surface area contributed by atoms with Crippen molar-refractivity contribution in [3.05, 3.63) is 36.1 Å². The molecule has 2 aliphatic rings. The molecule has 2 unspecified atom stereocenters. The highest BCUT2D eigenvalue weighted by atomic mass is 16.6. The van der Waals surface area contributed by atoms with E-state index in [0.717, 1.165) is 18.6 Å². The molecule has 0 aromatic heterocycles. The molecule has 3 rings (SSSR count). The first-order valence-corrected chi connectivity index (χ1v) is 6.24. The summed E-state index contributed by atoms with van der Waals surface area (Å²) in [4.78, 5) is 0. The van der Waals surface area contributed by atoms with Gasteiger partial charge in [-0.05, 0) is 31.1 Å². The van der Waals surface area contributed by atoms with Crippen molar-refractivity contribution in [3.8, 4) is 11.5 Å². The van der Waals surface area contributed by atoms with Crippen molar-refractivity contribution in [2.75, 3.05) is 13.2 Å². The summed E-state index contributed by atoms with van der Waals surface area (Å²) in [5.41, 5.74) is 0. The number of hydrogen-bond donors (Lipinski definition) is 1. The van der Waals surface area contributed by atoms with Gasteiger partial charge in [-0.15, -0.1) is 0 Å². The van der Waals surface area contributed by atoms with E-state index in [4.69, 9.17) is 14.2 Å². The van der Waals surface area contributed by atoms with Gasteiger partial charge >= 0.3 is 0 Å². The molecule has 0 saturated heterocycles. The molecule has 4 heteroatoms. The zero-order valence-corrected chi connectivity index (χ0v) is 10.0. The van der Waals surface area contributed by atoms with Crippen LogP contribution in [0.1, 0.15) is 12.8 Å². The highest BCUT2D eigenvalue weighted by molar-refractivity contribution is 5.41. The summed E-state index contributed by atoms with van der Waals surface area (Å²) in [7, 11) is 0. The summed E-state index contributed by atoms with van der Waals surface area (Å²) in [6, 6.07) is 7.47. The quantitative estimate of drug-likeness (QED) is 0.868. The van der Waals surface area contributed by atoms with E-state index in [1.807, 2.05) is 30.3 Å². The molecule has 2 aliphatic heterocycles. The maximum atomic E-state index is 10.2. The van der Waals surface area contributed by atoms with Gasteiger partial charge in [-0.25, -0.2) is 0 Å². The average molecular weight is 248 g/mol. The Morgan fingerprint density at radius 2 is 2.00 bits per heavy atom. The van der Waals surface area contributed by atoms with E-state index < -0.39 is 12.2 Å². The number of rotatable bonds is 2. The number of aliphatic hydroxyl groups is 1. The van der Waals surface area contributed by atoms with Gasteiger partial charge in [-0.3, -0.25) is 0 Å². The molecular weight excluding hydrogens is 232 g/mol. The van der Waals surface area contributed by atoms with E-state index >= 15 is 0 Å². The minimum Gasteiger partial charge on any atom is -0.495 e. The van der Waals surface area contributed by atoms with Crippen LogP contribution in [0.5, 0.6) is 11.5 Å². The van der Waals surface area contributed by atoms with Crippen molar-refractivity contribution in [1.29, 1.82) is 0 Å². The third kappa shape index (κ3) is 2.16. The molecule has 2 heterocycles. The maximum Gasteiger partial charge on any atom is 0.166 e. The van der Waals surface area contributed by atoms with Crippen LogP contribution in [0.2, 0.25) is 0 Å². The second-order valence-corrected chi connectivity index (χ2v) is 4.46. The van der Waals surface area contributed by atoms with Crippen LogP contribution in [0.3, 0.4) is 0 Å². The third-order valence-corrected chi connectivity index (χ3v) is 3.14. The van der Waals surface area contributed by atoms with E-state index in [-0.39, 0.29) is 0 Å². The number of benzene rings is 1. The molecule has 1 N–H and O–H groups in total. The second-order valence-electron chi connectivity index (χ2n) is 4.46. The molecule has 1 aromatic rings. The van der Waals surface area contributed by atoms with Crippen LogP contribution in [0.15, 0.2) is 36.1 Å². The van der Waals surface area contributed by atoms with Crippen molar-refractivity contribution < 1.29 is 19.3 Å². The van der Waals surface area contributed by atoms with E-state index in [0.29, 0.717) is 24.7 Å². The Morgan fingerprint density at radius 1 is 1.17 bits per heavy atom. The average Bonchev–Trinajstić information content (AvgIpc) is 2.47. The zero-order valence-electron chi connectivity index (χ0n) is 10.0. The monoisotopic (exact) mass is 248 g/mol. The van der Waals surface area contributed by atoms with E-state index in [1.54, 1.807) is 0 Å². The lowest BCUT2D eigenvalue weighted by Crippen LogP contribution is -2.41. The van der Waals surface area contributed by atoms with E-state index in [9.17, 15) is 5.11 Å². The molecule has 0 aliphatic carbocycles. The fraction of sp³-hybridized carbons (Fsp3) is 0.429. The Labute approximate surface area is 106 Å². The number of para-hydroxylation sites is 2. The van der Waals surface area contributed by atoms with Gasteiger partial charge in [-0.1, -0.05) is 12.1 Å². The van der Waals surface area contributed by atoms with E-state index in [2.05, 4.69) is 0 Å². The minimum atomic E-state index is -0.765. The summed E-state index contributed by atoms with van der Waals surface area (Å²) < 4.78 is 16.8. The topological polar surface area (TPSA) is 47.9 Å². The van der Waals surface area contributed by atoms with Gasteiger partial charge in [-0.2, -0.15) is 0 Å². The van der Waals surface area contributed by atoms with Gasteiger partial charge in [0.05, 0.1) is 6.61 Å². The molecule has 0 spiro atoms. The molecule has 4 nitrogen and oxygen atoms in total. The maximum absolute atomic E-state index is 10.2. The second kappa shape index (κ2) is 4.90. The predicted octanol–water partition coefficient (Wildman–Crippen LogP) is 1.88. The van der Waals surface area contributed by atoms with Crippen LogP contribution in [-0.2, 0) is 4.74 Å². The minimum absolute atomic E-state index is 0.332. The number of fused-ring (bicyclic) bond motifs is 1. The normalized spacial score (nSPS) is 23.8. The van der Waals surface area contributed by atoms with Crippen molar-refractivity contribution in [2.24, 2.45) is 0 Å². The Bertz CT molecular complexity index is 455. The third-order valence-electron chi connectivity index (χ3n) is 3.14. The van der Waals surface area contributed by atoms with E-state index in [1.165, 1.54) is 0 Å². The van der Waals surface area contributed by atoms with Gasteiger partial charge in [0.25, 0.3) is 0 Å². The summed E-state index contributed by atoms with van der Waals surface area (Å²) in [6.07, 6.45) is 2.69. The molecule has 2 atom stereocenters. The molecule has 0 bridgehead atoms. The van der Waals surface area contributed by atoms with Crippen LogP contribution >= 0.6 is 0 Å². The lowest BCUT2D eigenvalue weighted by atomic mass is 10.1. The lowest BCUT2D eigenvalue weighted by molar-refractivity contribution is -0.0228. The summed E-state index contributed by atoms with van der Waals surface area (Å²) in [5, 5.41) is 10.2. The van der Waals surface area contributed by atoms with Gasteiger partial charge in [0.2, 0.25) is 0 Å².